The summed E-state index contributed by atoms with van der Waals surface area (Å²) < 4.78 is 0. The fourth-order valence-electron chi connectivity index (χ4n) is 3.53. The van der Waals surface area contributed by atoms with E-state index in [1.165, 1.54) is 0 Å². The monoisotopic (exact) mass is 368 g/mol. The second-order valence-corrected chi connectivity index (χ2v) is 7.54. The van der Waals surface area contributed by atoms with Crippen LogP contribution in [0, 0.1) is 5.92 Å². The normalized spacial score (nSPS) is 16.7. The van der Waals surface area contributed by atoms with Gasteiger partial charge in [0.15, 0.2) is 0 Å². The molecule has 6 nitrogen and oxygen atoms in total. The van der Waals surface area contributed by atoms with E-state index >= 15 is 0 Å². The van der Waals surface area contributed by atoms with Gasteiger partial charge in [-0.1, -0.05) is 30.3 Å². The minimum atomic E-state index is -0.0760. The first-order valence-electron chi connectivity index (χ1n) is 9.53. The molecule has 1 aromatic carbocycles. The maximum atomic E-state index is 12.8. The molecule has 0 radical (unpaired) electrons. The molecule has 3 rings (SSSR count). The summed E-state index contributed by atoms with van der Waals surface area (Å²) in [6.07, 6.45) is 2.71. The van der Waals surface area contributed by atoms with Crippen molar-refractivity contribution in [2.45, 2.75) is 25.7 Å². The number of carbonyl (C=O) groups is 1. The van der Waals surface area contributed by atoms with Gasteiger partial charge in [-0.05, 0) is 39.8 Å². The Labute approximate surface area is 160 Å². The molecule has 1 unspecified atom stereocenters. The van der Waals surface area contributed by atoms with Crippen molar-refractivity contribution in [1.82, 2.24) is 19.8 Å². The van der Waals surface area contributed by atoms with E-state index in [4.69, 9.17) is 4.98 Å². The van der Waals surface area contributed by atoms with Crippen LogP contribution in [-0.2, 0) is 17.6 Å². The van der Waals surface area contributed by atoms with E-state index in [2.05, 4.69) is 9.88 Å². The van der Waals surface area contributed by atoms with E-state index in [0.29, 0.717) is 31.6 Å². The first-order valence-corrected chi connectivity index (χ1v) is 9.53. The minimum Gasteiger partial charge on any atom is -0.344 e. The first-order chi connectivity index (χ1) is 13.0. The van der Waals surface area contributed by atoms with Gasteiger partial charge in [0.2, 0.25) is 5.91 Å². The average molecular weight is 368 g/mol. The Morgan fingerprint density at radius 1 is 1.11 bits per heavy atom. The van der Waals surface area contributed by atoms with E-state index < -0.39 is 0 Å². The maximum Gasteiger partial charge on any atom is 0.254 e. The molecule has 0 spiro atoms. The molecular weight excluding hydrogens is 340 g/mol. The molecule has 1 aliphatic rings. The van der Waals surface area contributed by atoms with Crippen LogP contribution in [0.5, 0.6) is 0 Å². The van der Waals surface area contributed by atoms with Gasteiger partial charge in [0.05, 0.1) is 5.69 Å². The fraction of sp³-hybridized carbons (Fsp3) is 0.476. The Balaban J connectivity index is 1.75. The average Bonchev–Trinajstić information content (AvgIpc) is 2.89. The molecule has 0 saturated carbocycles. The van der Waals surface area contributed by atoms with Crippen LogP contribution in [0.2, 0.25) is 0 Å². The van der Waals surface area contributed by atoms with Gasteiger partial charge >= 0.3 is 0 Å². The number of likely N-dealkylation sites (N-methyl/N-ethyl adjacent to an activating group) is 2. The number of hydrogen-bond donors (Lipinski definition) is 1. The lowest BCUT2D eigenvalue weighted by Gasteiger charge is -2.24. The number of amides is 1. The highest BCUT2D eigenvalue weighted by atomic mass is 16.2. The van der Waals surface area contributed by atoms with Crippen molar-refractivity contribution in [3.63, 3.8) is 0 Å². The van der Waals surface area contributed by atoms with Gasteiger partial charge in [0.25, 0.3) is 5.56 Å². The predicted molar refractivity (Wildman–Crippen MR) is 107 cm³/mol. The number of aryl methyl sites for hydroxylation is 1. The molecule has 2 aromatic rings. The van der Waals surface area contributed by atoms with Crippen molar-refractivity contribution in [2.75, 3.05) is 34.2 Å². The number of benzene rings is 1. The van der Waals surface area contributed by atoms with Crippen molar-refractivity contribution in [2.24, 2.45) is 5.92 Å². The molecule has 1 heterocycles. The maximum absolute atomic E-state index is 12.8. The van der Waals surface area contributed by atoms with Gasteiger partial charge in [-0.25, -0.2) is 4.98 Å². The van der Waals surface area contributed by atoms with Crippen LogP contribution in [0.3, 0.4) is 0 Å². The number of nitrogens with zero attached hydrogens (tertiary/aromatic N) is 3. The Kier molecular flexibility index (Phi) is 6.06. The third kappa shape index (κ3) is 4.63. The van der Waals surface area contributed by atoms with E-state index in [9.17, 15) is 9.59 Å². The van der Waals surface area contributed by atoms with Crippen molar-refractivity contribution < 1.29 is 4.79 Å². The number of carbonyl (C=O) groups excluding carboxylic acids is 1. The molecule has 0 bridgehead atoms. The fourth-order valence-corrected chi connectivity index (χ4v) is 3.53. The summed E-state index contributed by atoms with van der Waals surface area (Å²) in [5.74, 6) is 0.725. The Bertz CT molecular complexity index is 845. The van der Waals surface area contributed by atoms with Crippen LogP contribution < -0.4 is 5.56 Å². The molecule has 0 fully saturated rings. The zero-order valence-electron chi connectivity index (χ0n) is 16.4. The van der Waals surface area contributed by atoms with E-state index in [1.807, 2.05) is 56.4 Å². The number of rotatable bonds is 5. The third-order valence-corrected chi connectivity index (χ3v) is 5.23. The number of H-pyrrole nitrogens is 1. The molecule has 1 aliphatic carbocycles. The summed E-state index contributed by atoms with van der Waals surface area (Å²) in [4.78, 5) is 36.9. The van der Waals surface area contributed by atoms with Crippen molar-refractivity contribution in [3.8, 4) is 11.4 Å². The second-order valence-electron chi connectivity index (χ2n) is 7.54. The largest absolute Gasteiger partial charge is 0.344 e. The lowest BCUT2D eigenvalue weighted by atomic mass is 9.98. The van der Waals surface area contributed by atoms with Crippen molar-refractivity contribution in [1.29, 1.82) is 0 Å². The van der Waals surface area contributed by atoms with E-state index in [1.54, 1.807) is 0 Å². The Morgan fingerprint density at radius 2 is 1.81 bits per heavy atom. The van der Waals surface area contributed by atoms with E-state index in [-0.39, 0.29) is 17.4 Å². The molecule has 0 saturated heterocycles. The quantitative estimate of drug-likeness (QED) is 0.819. The third-order valence-electron chi connectivity index (χ3n) is 5.23. The molecule has 1 amide bonds. The molecular formula is C21H28N4O2. The molecule has 27 heavy (non-hydrogen) atoms. The highest BCUT2D eigenvalue weighted by Crippen LogP contribution is 2.24. The Morgan fingerprint density at radius 3 is 2.52 bits per heavy atom. The molecule has 144 valence electrons. The van der Waals surface area contributed by atoms with Crippen molar-refractivity contribution >= 4 is 5.91 Å². The van der Waals surface area contributed by atoms with Crippen LogP contribution >= 0.6 is 0 Å². The van der Waals surface area contributed by atoms with E-state index in [0.717, 1.165) is 29.8 Å². The summed E-state index contributed by atoms with van der Waals surface area (Å²) in [5.41, 5.74) is 2.40. The van der Waals surface area contributed by atoms with Crippen LogP contribution in [-0.4, -0.2) is 59.9 Å². The van der Waals surface area contributed by atoms with Crippen LogP contribution in [0.1, 0.15) is 24.1 Å². The zero-order valence-corrected chi connectivity index (χ0v) is 16.4. The summed E-state index contributed by atoms with van der Waals surface area (Å²) in [6.45, 7) is 1.56. The van der Waals surface area contributed by atoms with Gasteiger partial charge in [0, 0.05) is 37.2 Å². The first kappa shape index (κ1) is 19.3. The molecule has 6 heteroatoms. The Hall–Kier alpha value is -2.47. The number of hydrogen-bond acceptors (Lipinski definition) is 4. The SMILES string of the molecule is CN(C)CCN(C)C(=O)C1CCc2nc(-c3ccccc3)[nH]c(=O)c2CC1. The van der Waals surface area contributed by atoms with Crippen molar-refractivity contribution in [3.05, 3.63) is 51.9 Å². The minimum absolute atomic E-state index is 0.0501. The van der Waals surface area contributed by atoms with Gasteiger partial charge in [-0.3, -0.25) is 9.59 Å². The van der Waals surface area contributed by atoms with Gasteiger partial charge in [0.1, 0.15) is 5.82 Å². The standard InChI is InChI=1S/C21H28N4O2/c1-24(2)13-14-25(3)21(27)16-9-11-17-18(12-10-16)22-19(23-20(17)26)15-7-5-4-6-8-15/h4-8,16H,9-14H2,1-3H3,(H,22,23,26). The number of aromatic amines is 1. The summed E-state index contributed by atoms with van der Waals surface area (Å²) in [6, 6.07) is 9.67. The zero-order chi connectivity index (χ0) is 19.4. The van der Waals surface area contributed by atoms with Crippen LogP contribution in [0.4, 0.5) is 0 Å². The predicted octanol–water partition coefficient (Wildman–Crippen LogP) is 1.95. The van der Waals surface area contributed by atoms with Crippen LogP contribution in [0.15, 0.2) is 35.1 Å². The molecule has 1 aromatic heterocycles. The summed E-state index contributed by atoms with van der Waals surface area (Å²) in [7, 11) is 5.87. The second kappa shape index (κ2) is 8.48. The lowest BCUT2D eigenvalue weighted by molar-refractivity contribution is -0.134. The smallest absolute Gasteiger partial charge is 0.254 e. The number of aromatic nitrogens is 2. The topological polar surface area (TPSA) is 69.3 Å². The summed E-state index contributed by atoms with van der Waals surface area (Å²) >= 11 is 0. The van der Waals surface area contributed by atoms with Gasteiger partial charge < -0.3 is 14.8 Å². The summed E-state index contributed by atoms with van der Waals surface area (Å²) in [5, 5.41) is 0. The number of fused-ring (bicyclic) bond motifs is 1. The highest BCUT2D eigenvalue weighted by molar-refractivity contribution is 5.78. The lowest BCUT2D eigenvalue weighted by Crippen LogP contribution is -2.37. The molecule has 1 atom stereocenters. The van der Waals surface area contributed by atoms with Gasteiger partial charge in [-0.15, -0.1) is 0 Å². The highest BCUT2D eigenvalue weighted by Gasteiger charge is 2.27. The number of nitrogens with one attached hydrogen (secondary N) is 1. The van der Waals surface area contributed by atoms with Crippen LogP contribution in [0.25, 0.3) is 11.4 Å². The molecule has 0 aliphatic heterocycles. The van der Waals surface area contributed by atoms with Gasteiger partial charge in [-0.2, -0.15) is 0 Å². The molecule has 1 N–H and O–H groups in total.